The fraction of sp³-hybridized carbons (Fsp3) is 0.200. The highest BCUT2D eigenvalue weighted by atomic mass is 32.2. The first kappa shape index (κ1) is 12.5. The van der Waals surface area contributed by atoms with E-state index in [1.165, 1.54) is 29.1 Å². The van der Waals surface area contributed by atoms with Gasteiger partial charge in [0.15, 0.2) is 5.16 Å². The van der Waals surface area contributed by atoms with Gasteiger partial charge in [-0.05, 0) is 18.7 Å². The molecule has 0 aromatic carbocycles. The number of nitrogens with zero attached hydrogens (tertiary/aromatic N) is 7. The van der Waals surface area contributed by atoms with Crippen molar-refractivity contribution in [1.29, 1.82) is 0 Å². The minimum Gasteiger partial charge on any atom is -0.354 e. The lowest BCUT2D eigenvalue weighted by Crippen LogP contribution is -2.09. The monoisotopic (exact) mass is 289 g/mol. The Bertz CT molecular complexity index is 664. The second-order valence-electron chi connectivity index (χ2n) is 3.61. The third kappa shape index (κ3) is 2.74. The van der Waals surface area contributed by atoms with E-state index in [0.29, 0.717) is 28.8 Å². The molecule has 102 valence electrons. The zero-order valence-electron chi connectivity index (χ0n) is 10.6. The van der Waals surface area contributed by atoms with Crippen LogP contribution in [0.1, 0.15) is 6.92 Å². The number of hydrogen-bond donors (Lipinski definition) is 2. The van der Waals surface area contributed by atoms with Gasteiger partial charge in [0.1, 0.15) is 12.7 Å². The van der Waals surface area contributed by atoms with Gasteiger partial charge >= 0.3 is 0 Å². The Morgan fingerprint density at radius 1 is 1.35 bits per heavy atom. The number of hydrogen-bond acceptors (Lipinski definition) is 8. The summed E-state index contributed by atoms with van der Waals surface area (Å²) >= 11 is 1.32. The van der Waals surface area contributed by atoms with Crippen LogP contribution in [0.5, 0.6) is 0 Å². The lowest BCUT2D eigenvalue weighted by atomic mass is 10.7. The summed E-state index contributed by atoms with van der Waals surface area (Å²) in [7, 11) is 0. The van der Waals surface area contributed by atoms with Gasteiger partial charge in [-0.2, -0.15) is 24.7 Å². The molecule has 0 fully saturated rings. The SMILES string of the molecule is CCNc1nc(Sc2ncc[nH]2)nc(-n2cncn2)n1. The van der Waals surface area contributed by atoms with Crippen LogP contribution in [0.25, 0.3) is 5.95 Å². The summed E-state index contributed by atoms with van der Waals surface area (Å²) in [6.45, 7) is 2.68. The zero-order valence-corrected chi connectivity index (χ0v) is 11.4. The Labute approximate surface area is 118 Å². The van der Waals surface area contributed by atoms with Gasteiger partial charge in [-0.1, -0.05) is 0 Å². The van der Waals surface area contributed by atoms with Crippen LogP contribution in [0.3, 0.4) is 0 Å². The average Bonchev–Trinajstić information content (AvgIpc) is 3.11. The predicted molar refractivity (Wildman–Crippen MR) is 71.6 cm³/mol. The van der Waals surface area contributed by atoms with E-state index in [1.807, 2.05) is 6.92 Å². The van der Waals surface area contributed by atoms with E-state index in [2.05, 4.69) is 40.3 Å². The van der Waals surface area contributed by atoms with E-state index < -0.39 is 0 Å². The molecule has 0 aliphatic carbocycles. The third-order valence-corrected chi connectivity index (χ3v) is 3.00. The van der Waals surface area contributed by atoms with Gasteiger partial charge in [-0.3, -0.25) is 0 Å². The molecule has 0 bridgehead atoms. The van der Waals surface area contributed by atoms with Gasteiger partial charge in [-0.15, -0.1) is 0 Å². The van der Waals surface area contributed by atoms with Gasteiger partial charge in [0, 0.05) is 18.9 Å². The van der Waals surface area contributed by atoms with E-state index >= 15 is 0 Å². The largest absolute Gasteiger partial charge is 0.354 e. The summed E-state index contributed by atoms with van der Waals surface area (Å²) in [6.07, 6.45) is 6.38. The molecule has 3 heterocycles. The van der Waals surface area contributed by atoms with Gasteiger partial charge in [0.2, 0.25) is 11.1 Å². The summed E-state index contributed by atoms with van der Waals surface area (Å²) < 4.78 is 1.48. The van der Waals surface area contributed by atoms with Gasteiger partial charge < -0.3 is 10.3 Å². The normalized spacial score (nSPS) is 10.7. The first-order valence-corrected chi connectivity index (χ1v) is 6.69. The molecule has 0 amide bonds. The van der Waals surface area contributed by atoms with E-state index in [-0.39, 0.29) is 0 Å². The fourth-order valence-corrected chi connectivity index (χ4v) is 2.11. The van der Waals surface area contributed by atoms with Crippen LogP contribution in [-0.4, -0.2) is 46.2 Å². The standard InChI is InChI=1S/C10H11N9S/c1-2-12-7-16-8(19-6-11-5-15-19)18-10(17-7)20-9-13-3-4-14-9/h3-6H,2H2,1H3,(H,13,14)(H,12,16,17,18). The van der Waals surface area contributed by atoms with Crippen molar-refractivity contribution in [3.05, 3.63) is 25.0 Å². The number of aromatic amines is 1. The van der Waals surface area contributed by atoms with Crippen LogP contribution in [-0.2, 0) is 0 Å². The minimum absolute atomic E-state index is 0.405. The van der Waals surface area contributed by atoms with Gasteiger partial charge in [-0.25, -0.2) is 9.97 Å². The Morgan fingerprint density at radius 2 is 2.30 bits per heavy atom. The smallest absolute Gasteiger partial charge is 0.257 e. The summed E-state index contributed by atoms with van der Waals surface area (Å²) in [6, 6.07) is 0. The number of anilines is 1. The number of rotatable bonds is 5. The Balaban J connectivity index is 1.96. The van der Waals surface area contributed by atoms with Crippen molar-refractivity contribution >= 4 is 17.7 Å². The third-order valence-electron chi connectivity index (χ3n) is 2.22. The van der Waals surface area contributed by atoms with Gasteiger partial charge in [0.25, 0.3) is 5.95 Å². The molecule has 0 aliphatic heterocycles. The zero-order chi connectivity index (χ0) is 13.8. The van der Waals surface area contributed by atoms with E-state index in [1.54, 1.807) is 12.4 Å². The quantitative estimate of drug-likeness (QED) is 0.708. The highest BCUT2D eigenvalue weighted by Gasteiger charge is 2.10. The van der Waals surface area contributed by atoms with E-state index in [9.17, 15) is 0 Å². The van der Waals surface area contributed by atoms with Crippen LogP contribution < -0.4 is 5.32 Å². The number of nitrogens with one attached hydrogen (secondary N) is 2. The second-order valence-corrected chi connectivity index (χ2v) is 4.56. The van der Waals surface area contributed by atoms with Crippen LogP contribution in [0.2, 0.25) is 0 Å². The summed E-state index contributed by atoms with van der Waals surface area (Å²) in [5.74, 6) is 0.893. The molecule has 0 unspecified atom stereocenters. The van der Waals surface area contributed by atoms with Crippen LogP contribution in [0.15, 0.2) is 35.4 Å². The molecule has 3 rings (SSSR count). The predicted octanol–water partition coefficient (Wildman–Crippen LogP) is 0.758. The highest BCUT2D eigenvalue weighted by Crippen LogP contribution is 2.21. The Hall–Kier alpha value is -2.49. The molecule has 0 saturated carbocycles. The van der Waals surface area contributed by atoms with Crippen molar-refractivity contribution < 1.29 is 0 Å². The van der Waals surface area contributed by atoms with Gasteiger partial charge in [0.05, 0.1) is 0 Å². The molecule has 0 spiro atoms. The maximum Gasteiger partial charge on any atom is 0.257 e. The fourth-order valence-electron chi connectivity index (χ4n) is 1.44. The first-order valence-electron chi connectivity index (χ1n) is 5.87. The first-order chi connectivity index (χ1) is 9.85. The van der Waals surface area contributed by atoms with Crippen LogP contribution in [0, 0.1) is 0 Å². The number of aromatic nitrogens is 8. The molecule has 9 nitrogen and oxygen atoms in total. The summed E-state index contributed by atoms with van der Waals surface area (Å²) in [5.41, 5.74) is 0. The molecule has 20 heavy (non-hydrogen) atoms. The van der Waals surface area contributed by atoms with E-state index in [4.69, 9.17) is 0 Å². The van der Waals surface area contributed by atoms with Crippen LogP contribution >= 0.6 is 11.8 Å². The maximum absolute atomic E-state index is 4.33. The molecule has 0 saturated heterocycles. The lowest BCUT2D eigenvalue weighted by Gasteiger charge is -2.06. The molecule has 3 aromatic rings. The van der Waals surface area contributed by atoms with Crippen molar-refractivity contribution in [3.8, 4) is 5.95 Å². The topological polar surface area (TPSA) is 110 Å². The average molecular weight is 289 g/mol. The summed E-state index contributed by atoms with van der Waals surface area (Å²) in [5, 5.41) is 8.32. The molecular formula is C10H11N9S. The second kappa shape index (κ2) is 5.65. The highest BCUT2D eigenvalue weighted by molar-refractivity contribution is 7.99. The molecule has 0 atom stereocenters. The van der Waals surface area contributed by atoms with Crippen molar-refractivity contribution in [2.75, 3.05) is 11.9 Å². The lowest BCUT2D eigenvalue weighted by molar-refractivity contribution is 0.758. The van der Waals surface area contributed by atoms with E-state index in [0.717, 1.165) is 0 Å². The number of imidazole rings is 1. The minimum atomic E-state index is 0.405. The maximum atomic E-state index is 4.33. The van der Waals surface area contributed by atoms with Crippen molar-refractivity contribution in [1.82, 2.24) is 39.7 Å². The van der Waals surface area contributed by atoms with Crippen LogP contribution in [0.4, 0.5) is 5.95 Å². The molecular weight excluding hydrogens is 278 g/mol. The van der Waals surface area contributed by atoms with Crippen molar-refractivity contribution in [3.63, 3.8) is 0 Å². The molecule has 0 aliphatic rings. The number of H-pyrrole nitrogens is 1. The molecule has 2 N–H and O–H groups in total. The molecule has 3 aromatic heterocycles. The Morgan fingerprint density at radius 3 is 3.00 bits per heavy atom. The summed E-state index contributed by atoms with van der Waals surface area (Å²) in [4.78, 5) is 23.9. The molecule has 0 radical (unpaired) electrons. The Kier molecular flexibility index (Phi) is 3.54. The van der Waals surface area contributed by atoms with Crippen molar-refractivity contribution in [2.45, 2.75) is 17.2 Å². The van der Waals surface area contributed by atoms with Crippen molar-refractivity contribution in [2.24, 2.45) is 0 Å². The molecule has 10 heteroatoms.